The fourth-order valence-electron chi connectivity index (χ4n) is 4.72. The number of aryl methyl sites for hydroxylation is 1. The van der Waals surface area contributed by atoms with E-state index in [9.17, 15) is 4.79 Å². The van der Waals surface area contributed by atoms with E-state index in [-0.39, 0.29) is 6.03 Å². The van der Waals surface area contributed by atoms with Crippen LogP contribution in [-0.4, -0.2) is 53.1 Å². The molecule has 0 bridgehead atoms. The third-order valence-electron chi connectivity index (χ3n) is 6.67. The van der Waals surface area contributed by atoms with Crippen LogP contribution in [0.25, 0.3) is 11.3 Å². The summed E-state index contributed by atoms with van der Waals surface area (Å²) in [5, 5.41) is 10.1. The number of anilines is 2. The van der Waals surface area contributed by atoms with Crippen molar-refractivity contribution in [1.29, 1.82) is 0 Å². The minimum absolute atomic E-state index is 0.326. The maximum Gasteiger partial charge on any atom is 0.323 e. The Morgan fingerprint density at radius 3 is 2.37 bits per heavy atom. The molecular weight excluding hydrogens is 442 g/mol. The van der Waals surface area contributed by atoms with Crippen LogP contribution in [0.1, 0.15) is 33.1 Å². The Kier molecular flexibility index (Phi) is 7.92. The molecule has 0 unspecified atom stereocenters. The van der Waals surface area contributed by atoms with Crippen LogP contribution in [0, 0.1) is 0 Å². The van der Waals surface area contributed by atoms with Crippen LogP contribution in [0.15, 0.2) is 54.7 Å². The van der Waals surface area contributed by atoms with Crippen molar-refractivity contribution in [3.63, 3.8) is 0 Å². The number of ether oxygens (including phenoxy) is 2. The molecule has 1 aliphatic rings. The zero-order valence-corrected chi connectivity index (χ0v) is 21.0. The van der Waals surface area contributed by atoms with Gasteiger partial charge in [-0.05, 0) is 75.2 Å². The van der Waals surface area contributed by atoms with Crippen molar-refractivity contribution < 1.29 is 14.3 Å². The zero-order chi connectivity index (χ0) is 24.8. The number of carbonyl (C=O) groups is 1. The number of piperidine rings is 1. The molecule has 1 aliphatic heterocycles. The van der Waals surface area contributed by atoms with Crippen LogP contribution in [0.2, 0.25) is 0 Å². The molecule has 8 heteroatoms. The van der Waals surface area contributed by atoms with Gasteiger partial charge in [-0.3, -0.25) is 9.58 Å². The van der Waals surface area contributed by atoms with Gasteiger partial charge in [-0.1, -0.05) is 6.42 Å². The van der Waals surface area contributed by atoms with E-state index in [0.717, 1.165) is 29.3 Å². The third kappa shape index (κ3) is 6.14. The van der Waals surface area contributed by atoms with E-state index >= 15 is 0 Å². The van der Waals surface area contributed by atoms with Gasteiger partial charge in [-0.2, -0.15) is 5.10 Å². The number of nitrogens with zero attached hydrogens (tertiary/aromatic N) is 3. The van der Waals surface area contributed by atoms with Crippen molar-refractivity contribution in [2.45, 2.75) is 45.2 Å². The highest BCUT2D eigenvalue weighted by atomic mass is 16.5. The number of hydrogen-bond acceptors (Lipinski definition) is 5. The predicted molar refractivity (Wildman–Crippen MR) is 139 cm³/mol. The first-order chi connectivity index (χ1) is 16.9. The van der Waals surface area contributed by atoms with Gasteiger partial charge in [0.2, 0.25) is 0 Å². The first-order valence-electron chi connectivity index (χ1n) is 12.2. The Hall–Kier alpha value is -3.52. The maximum atomic E-state index is 12.6. The summed E-state index contributed by atoms with van der Waals surface area (Å²) in [7, 11) is 3.50. The van der Waals surface area contributed by atoms with Gasteiger partial charge in [0.25, 0.3) is 0 Å². The van der Waals surface area contributed by atoms with Crippen LogP contribution >= 0.6 is 0 Å². The van der Waals surface area contributed by atoms with Gasteiger partial charge in [0, 0.05) is 48.8 Å². The fourth-order valence-corrected chi connectivity index (χ4v) is 4.72. The van der Waals surface area contributed by atoms with Gasteiger partial charge >= 0.3 is 6.03 Å². The summed E-state index contributed by atoms with van der Waals surface area (Å²) < 4.78 is 13.2. The molecular formula is C27H35N5O3. The smallest absolute Gasteiger partial charge is 0.323 e. The quantitative estimate of drug-likeness (QED) is 0.455. The minimum atomic E-state index is -0.326. The van der Waals surface area contributed by atoms with Crippen molar-refractivity contribution >= 4 is 17.4 Å². The number of urea groups is 1. The van der Waals surface area contributed by atoms with E-state index in [1.165, 1.54) is 19.3 Å². The molecule has 1 saturated heterocycles. The number of benzene rings is 2. The number of rotatable bonds is 8. The summed E-state index contributed by atoms with van der Waals surface area (Å²) in [6.07, 6.45) is 5.53. The Morgan fingerprint density at radius 1 is 1.03 bits per heavy atom. The van der Waals surface area contributed by atoms with Gasteiger partial charge in [-0.25, -0.2) is 4.79 Å². The second-order valence-corrected chi connectivity index (χ2v) is 9.07. The summed E-state index contributed by atoms with van der Waals surface area (Å²) in [6.45, 7) is 6.09. The van der Waals surface area contributed by atoms with E-state index < -0.39 is 0 Å². The Balaban J connectivity index is 1.46. The average molecular weight is 478 g/mol. The minimum Gasteiger partial charge on any atom is -0.497 e. The highest BCUT2D eigenvalue weighted by molar-refractivity contribution is 6.00. The summed E-state index contributed by atoms with van der Waals surface area (Å²) in [6, 6.07) is 15.6. The highest BCUT2D eigenvalue weighted by Crippen LogP contribution is 2.33. The molecule has 2 heterocycles. The van der Waals surface area contributed by atoms with Crippen LogP contribution in [-0.2, 0) is 7.05 Å². The molecule has 2 atom stereocenters. The standard InChI is InChI=1S/C27H35N5O3/c1-19-6-5-7-20(2)32(19)16-17-35-26-13-10-22(18-24(26)25-14-15-28-31(25)3)30-27(33)29-21-8-11-23(34-4)12-9-21/h8-15,18-20H,5-7,16-17H2,1-4H3,(H2,29,30,33)/t19-,20+. The molecule has 0 spiro atoms. The van der Waals surface area contributed by atoms with Crippen molar-refractivity contribution in [3.8, 4) is 22.8 Å². The van der Waals surface area contributed by atoms with E-state index in [4.69, 9.17) is 9.47 Å². The topological polar surface area (TPSA) is 80.7 Å². The summed E-state index contributed by atoms with van der Waals surface area (Å²) >= 11 is 0. The number of carbonyl (C=O) groups excluding carboxylic acids is 1. The van der Waals surface area contributed by atoms with E-state index in [2.05, 4.69) is 34.5 Å². The monoisotopic (exact) mass is 477 g/mol. The number of hydrogen-bond donors (Lipinski definition) is 2. The Morgan fingerprint density at radius 2 is 1.71 bits per heavy atom. The van der Waals surface area contributed by atoms with Crippen molar-refractivity contribution in [2.75, 3.05) is 30.9 Å². The number of nitrogens with one attached hydrogen (secondary N) is 2. The molecule has 0 radical (unpaired) electrons. The van der Waals surface area contributed by atoms with Crippen LogP contribution in [0.4, 0.5) is 16.2 Å². The zero-order valence-electron chi connectivity index (χ0n) is 21.0. The lowest BCUT2D eigenvalue weighted by Crippen LogP contribution is -2.45. The molecule has 2 aromatic carbocycles. The molecule has 1 fully saturated rings. The Labute approximate surface area is 207 Å². The molecule has 2 N–H and O–H groups in total. The van der Waals surface area contributed by atoms with E-state index in [0.29, 0.717) is 30.1 Å². The highest BCUT2D eigenvalue weighted by Gasteiger charge is 2.24. The molecule has 2 amide bonds. The van der Waals surface area contributed by atoms with Crippen LogP contribution in [0.3, 0.4) is 0 Å². The van der Waals surface area contributed by atoms with Gasteiger partial charge in [0.1, 0.15) is 18.1 Å². The van der Waals surface area contributed by atoms with E-state index in [1.807, 2.05) is 31.3 Å². The van der Waals surface area contributed by atoms with Crippen LogP contribution in [0.5, 0.6) is 11.5 Å². The molecule has 0 saturated carbocycles. The summed E-state index contributed by atoms with van der Waals surface area (Å²) in [4.78, 5) is 15.1. The fraction of sp³-hybridized carbons (Fsp3) is 0.407. The molecule has 0 aliphatic carbocycles. The first-order valence-corrected chi connectivity index (χ1v) is 12.2. The van der Waals surface area contributed by atoms with Crippen molar-refractivity contribution in [1.82, 2.24) is 14.7 Å². The summed E-state index contributed by atoms with van der Waals surface area (Å²) in [5.41, 5.74) is 3.14. The Bertz CT molecular complexity index is 1120. The van der Waals surface area contributed by atoms with E-state index in [1.54, 1.807) is 42.3 Å². The second kappa shape index (κ2) is 11.3. The molecule has 186 valence electrons. The molecule has 8 nitrogen and oxygen atoms in total. The lowest BCUT2D eigenvalue weighted by Gasteiger charge is -2.38. The lowest BCUT2D eigenvalue weighted by molar-refractivity contribution is 0.0852. The molecule has 4 rings (SSSR count). The van der Waals surface area contributed by atoms with Gasteiger partial charge < -0.3 is 20.1 Å². The predicted octanol–water partition coefficient (Wildman–Crippen LogP) is 5.38. The number of methoxy groups -OCH3 is 1. The molecule has 1 aromatic heterocycles. The largest absolute Gasteiger partial charge is 0.497 e. The SMILES string of the molecule is COc1ccc(NC(=O)Nc2ccc(OCCN3[C@H](C)CCC[C@@H]3C)c(-c3ccnn3C)c2)cc1. The first kappa shape index (κ1) is 24.6. The maximum absolute atomic E-state index is 12.6. The number of amides is 2. The van der Waals surface area contributed by atoms with Gasteiger partial charge in [0.15, 0.2) is 0 Å². The van der Waals surface area contributed by atoms with Crippen LogP contribution < -0.4 is 20.1 Å². The average Bonchev–Trinajstić information content (AvgIpc) is 3.27. The van der Waals surface area contributed by atoms with Gasteiger partial charge in [0.05, 0.1) is 12.8 Å². The normalized spacial score (nSPS) is 18.2. The summed E-state index contributed by atoms with van der Waals surface area (Å²) in [5.74, 6) is 1.50. The van der Waals surface area contributed by atoms with Crippen molar-refractivity contribution in [3.05, 3.63) is 54.7 Å². The molecule has 35 heavy (non-hydrogen) atoms. The van der Waals surface area contributed by atoms with Crippen molar-refractivity contribution in [2.24, 2.45) is 7.05 Å². The molecule has 3 aromatic rings. The van der Waals surface area contributed by atoms with Gasteiger partial charge in [-0.15, -0.1) is 0 Å². The second-order valence-electron chi connectivity index (χ2n) is 9.07. The third-order valence-corrected chi connectivity index (χ3v) is 6.67. The number of likely N-dealkylation sites (tertiary alicyclic amines) is 1. The number of aromatic nitrogens is 2. The lowest BCUT2D eigenvalue weighted by atomic mass is 9.98.